The lowest BCUT2D eigenvalue weighted by molar-refractivity contribution is -0.142. The number of nitrogens with one attached hydrogen (secondary N) is 2. The molecule has 8 nitrogen and oxygen atoms in total. The highest BCUT2D eigenvalue weighted by atomic mass is 16.5. The average Bonchev–Trinajstić information content (AvgIpc) is 3.27. The highest BCUT2D eigenvalue weighted by Gasteiger charge is 2.31. The maximum absolute atomic E-state index is 13.4. The van der Waals surface area contributed by atoms with Gasteiger partial charge in [-0.1, -0.05) is 99.6 Å². The van der Waals surface area contributed by atoms with Gasteiger partial charge in [0.05, 0.1) is 0 Å². The number of rotatable bonds is 12. The molecule has 2 amide bonds. The summed E-state index contributed by atoms with van der Waals surface area (Å²) in [6, 6.07) is 23.8. The number of carboxylic acid groups (broad SMARTS) is 1. The highest BCUT2D eigenvalue weighted by Crippen LogP contribution is 2.44. The summed E-state index contributed by atoms with van der Waals surface area (Å²) in [5.74, 6) is -1.80. The van der Waals surface area contributed by atoms with Gasteiger partial charge in [-0.15, -0.1) is 0 Å². The molecule has 3 N–H and O–H groups in total. The number of ether oxygens (including phenoxy) is 1. The smallest absolute Gasteiger partial charge is 0.407 e. The Morgan fingerprint density at radius 2 is 1.43 bits per heavy atom. The number of aliphatic carboxylic acids is 1. The van der Waals surface area contributed by atoms with Gasteiger partial charge in [-0.2, -0.15) is 0 Å². The van der Waals surface area contributed by atoms with E-state index < -0.39 is 30.1 Å². The van der Waals surface area contributed by atoms with Crippen LogP contribution < -0.4 is 10.6 Å². The molecule has 0 radical (unpaired) electrons. The van der Waals surface area contributed by atoms with Crippen LogP contribution in [0.1, 0.15) is 56.2 Å². The van der Waals surface area contributed by atoms with E-state index in [1.165, 1.54) is 0 Å². The normalized spacial score (nSPS) is 14.0. The fraction of sp³-hybridized carbons (Fsp3) is 0.382. The molecule has 0 aromatic heterocycles. The van der Waals surface area contributed by atoms with E-state index in [1.807, 2.05) is 92.4 Å². The summed E-state index contributed by atoms with van der Waals surface area (Å²) < 4.78 is 5.68. The second kappa shape index (κ2) is 13.7. The second-order valence-corrected chi connectivity index (χ2v) is 12.2. The van der Waals surface area contributed by atoms with Crippen LogP contribution in [0.5, 0.6) is 0 Å². The molecule has 0 aliphatic heterocycles. The monoisotopic (exact) mass is 571 g/mol. The molecule has 0 fully saturated rings. The fourth-order valence-corrected chi connectivity index (χ4v) is 5.36. The van der Waals surface area contributed by atoms with Crippen LogP contribution in [0.2, 0.25) is 0 Å². The quantitative estimate of drug-likeness (QED) is 0.268. The van der Waals surface area contributed by atoms with Crippen molar-refractivity contribution in [1.82, 2.24) is 15.5 Å². The van der Waals surface area contributed by atoms with Crippen LogP contribution in [-0.4, -0.2) is 60.3 Å². The number of benzene rings is 3. The van der Waals surface area contributed by atoms with E-state index in [9.17, 15) is 19.5 Å². The lowest BCUT2D eigenvalue weighted by Crippen LogP contribution is -2.54. The number of carbonyl (C=O) groups is 3. The van der Waals surface area contributed by atoms with Crippen molar-refractivity contribution in [2.75, 3.05) is 20.2 Å². The summed E-state index contributed by atoms with van der Waals surface area (Å²) in [4.78, 5) is 40.3. The number of amides is 2. The van der Waals surface area contributed by atoms with Crippen LogP contribution >= 0.6 is 0 Å². The third-order valence-electron chi connectivity index (χ3n) is 7.54. The highest BCUT2D eigenvalue weighted by molar-refractivity contribution is 5.89. The van der Waals surface area contributed by atoms with Gasteiger partial charge in [0.1, 0.15) is 18.7 Å². The number of nitrogens with zero attached hydrogens (tertiary/aromatic N) is 1. The van der Waals surface area contributed by atoms with Crippen molar-refractivity contribution < 1.29 is 24.2 Å². The Hall–Kier alpha value is -4.17. The topological polar surface area (TPSA) is 108 Å². The first-order valence-electron chi connectivity index (χ1n) is 14.4. The van der Waals surface area contributed by atoms with Crippen molar-refractivity contribution >= 4 is 18.0 Å². The summed E-state index contributed by atoms with van der Waals surface area (Å²) in [6.07, 6.45) is 0.269. The minimum absolute atomic E-state index is 0.0938. The molecule has 0 saturated heterocycles. The minimum atomic E-state index is -1.15. The SMILES string of the molecule is CN(Cc1ccccc1)CC(NC(=O)C(CCC(C)(C)C)NC(=O)OCC1c2ccccc2-c2ccccc21)C(=O)O. The van der Waals surface area contributed by atoms with Gasteiger partial charge in [0, 0.05) is 19.0 Å². The van der Waals surface area contributed by atoms with Crippen molar-refractivity contribution in [3.05, 3.63) is 95.6 Å². The lowest BCUT2D eigenvalue weighted by Gasteiger charge is -2.26. The first kappa shape index (κ1) is 30.8. The Balaban J connectivity index is 1.40. The van der Waals surface area contributed by atoms with Crippen LogP contribution in [0.25, 0.3) is 11.1 Å². The summed E-state index contributed by atoms with van der Waals surface area (Å²) in [5.41, 5.74) is 5.39. The van der Waals surface area contributed by atoms with Gasteiger partial charge >= 0.3 is 12.1 Å². The van der Waals surface area contributed by atoms with E-state index in [4.69, 9.17) is 4.74 Å². The Morgan fingerprint density at radius 1 is 0.857 bits per heavy atom. The lowest BCUT2D eigenvalue weighted by atomic mass is 9.88. The van der Waals surface area contributed by atoms with Crippen molar-refractivity contribution in [3.63, 3.8) is 0 Å². The summed E-state index contributed by atoms with van der Waals surface area (Å²) in [5, 5.41) is 15.2. The number of hydrogen-bond donors (Lipinski definition) is 3. The molecule has 222 valence electrons. The number of fused-ring (bicyclic) bond motifs is 3. The number of alkyl carbamates (subject to hydrolysis) is 1. The molecule has 0 bridgehead atoms. The predicted molar refractivity (Wildman–Crippen MR) is 163 cm³/mol. The maximum atomic E-state index is 13.4. The molecule has 0 heterocycles. The van der Waals surface area contributed by atoms with Crippen LogP contribution in [0.3, 0.4) is 0 Å². The first-order valence-corrected chi connectivity index (χ1v) is 14.4. The van der Waals surface area contributed by atoms with Gasteiger partial charge in [-0.3, -0.25) is 9.69 Å². The van der Waals surface area contributed by atoms with Gasteiger partial charge < -0.3 is 20.5 Å². The molecule has 0 saturated carbocycles. The molecule has 2 unspecified atom stereocenters. The first-order chi connectivity index (χ1) is 20.0. The molecule has 1 aliphatic carbocycles. The number of likely N-dealkylation sites (N-methyl/N-ethyl adjacent to an activating group) is 1. The van der Waals surface area contributed by atoms with E-state index in [2.05, 4.69) is 22.8 Å². The van der Waals surface area contributed by atoms with Crippen molar-refractivity contribution in [1.29, 1.82) is 0 Å². The molecule has 0 spiro atoms. The van der Waals surface area contributed by atoms with E-state index in [0.717, 1.165) is 27.8 Å². The van der Waals surface area contributed by atoms with Crippen LogP contribution in [0, 0.1) is 5.41 Å². The van der Waals surface area contributed by atoms with Gasteiger partial charge in [0.2, 0.25) is 5.91 Å². The van der Waals surface area contributed by atoms with E-state index in [0.29, 0.717) is 19.4 Å². The largest absolute Gasteiger partial charge is 0.480 e. The molecular weight excluding hydrogens is 530 g/mol. The van der Waals surface area contributed by atoms with Crippen molar-refractivity contribution in [3.8, 4) is 11.1 Å². The molecule has 1 aliphatic rings. The zero-order valence-electron chi connectivity index (χ0n) is 24.8. The molecule has 42 heavy (non-hydrogen) atoms. The summed E-state index contributed by atoms with van der Waals surface area (Å²) >= 11 is 0. The number of carboxylic acids is 1. The summed E-state index contributed by atoms with van der Waals surface area (Å²) in [7, 11) is 1.81. The molecule has 2 atom stereocenters. The zero-order valence-corrected chi connectivity index (χ0v) is 24.8. The van der Waals surface area contributed by atoms with E-state index in [1.54, 1.807) is 7.05 Å². The minimum Gasteiger partial charge on any atom is -0.480 e. The van der Waals surface area contributed by atoms with Gasteiger partial charge in [-0.25, -0.2) is 9.59 Å². The molecular formula is C34H41N3O5. The van der Waals surface area contributed by atoms with Crippen LogP contribution in [0.15, 0.2) is 78.9 Å². The Morgan fingerprint density at radius 3 is 2.00 bits per heavy atom. The fourth-order valence-electron chi connectivity index (χ4n) is 5.36. The van der Waals surface area contributed by atoms with Crippen molar-refractivity contribution in [2.24, 2.45) is 5.41 Å². The van der Waals surface area contributed by atoms with E-state index in [-0.39, 0.29) is 24.5 Å². The molecule has 3 aromatic rings. The van der Waals surface area contributed by atoms with E-state index >= 15 is 0 Å². The molecule has 4 rings (SSSR count). The molecule has 8 heteroatoms. The third kappa shape index (κ3) is 8.19. The van der Waals surface area contributed by atoms with Gasteiger partial charge in [0.25, 0.3) is 0 Å². The zero-order chi connectivity index (χ0) is 30.3. The van der Waals surface area contributed by atoms with Gasteiger partial charge in [-0.05, 0) is 53.1 Å². The Bertz CT molecular complexity index is 1340. The molecule has 3 aromatic carbocycles. The Labute approximate surface area is 248 Å². The average molecular weight is 572 g/mol. The number of carbonyl (C=O) groups excluding carboxylic acids is 2. The summed E-state index contributed by atoms with van der Waals surface area (Å²) in [6.45, 7) is 6.91. The second-order valence-electron chi connectivity index (χ2n) is 12.2. The maximum Gasteiger partial charge on any atom is 0.407 e. The van der Waals surface area contributed by atoms with Gasteiger partial charge in [0.15, 0.2) is 0 Å². The third-order valence-corrected chi connectivity index (χ3v) is 7.54. The van der Waals surface area contributed by atoms with Crippen LogP contribution in [-0.2, 0) is 20.9 Å². The number of hydrogen-bond acceptors (Lipinski definition) is 5. The van der Waals surface area contributed by atoms with Crippen LogP contribution in [0.4, 0.5) is 4.79 Å². The standard InChI is InChI=1S/C34H41N3O5/c1-34(2,3)19-18-29(31(38)35-30(32(39)40)21-37(4)20-23-12-6-5-7-13-23)36-33(41)42-22-28-26-16-10-8-14-24(26)25-15-9-11-17-27(25)28/h5-17,28-30H,18-22H2,1-4H3,(H,35,38)(H,36,41)(H,39,40). The Kier molecular flexibility index (Phi) is 10.0. The van der Waals surface area contributed by atoms with Crippen molar-refractivity contribution in [2.45, 2.75) is 58.2 Å². The predicted octanol–water partition coefficient (Wildman–Crippen LogP) is 5.42.